The van der Waals surface area contributed by atoms with Crippen molar-refractivity contribution in [2.45, 2.75) is 13.3 Å². The van der Waals surface area contributed by atoms with Gasteiger partial charge in [-0.2, -0.15) is 0 Å². The molecule has 0 aromatic rings. The van der Waals surface area contributed by atoms with E-state index >= 15 is 0 Å². The fourth-order valence-corrected chi connectivity index (χ4v) is 0.784. The maximum absolute atomic E-state index is 5.37. The smallest absolute Gasteiger partial charge is 0.0886 e. The van der Waals surface area contributed by atoms with Crippen molar-refractivity contribution in [2.75, 3.05) is 20.1 Å². The SMILES string of the molecule is C/C=C\N(C=NC)CCCN. The van der Waals surface area contributed by atoms with Crippen LogP contribution in [0.5, 0.6) is 0 Å². The molecular weight excluding hydrogens is 138 g/mol. The van der Waals surface area contributed by atoms with E-state index in [1.807, 2.05) is 24.1 Å². The van der Waals surface area contributed by atoms with Crippen LogP contribution in [0.15, 0.2) is 17.3 Å². The van der Waals surface area contributed by atoms with Gasteiger partial charge in [0.25, 0.3) is 0 Å². The Morgan fingerprint density at radius 3 is 2.73 bits per heavy atom. The van der Waals surface area contributed by atoms with Gasteiger partial charge in [-0.3, -0.25) is 4.99 Å². The summed E-state index contributed by atoms with van der Waals surface area (Å²) in [4.78, 5) is 5.94. The van der Waals surface area contributed by atoms with Gasteiger partial charge in [0.05, 0.1) is 6.34 Å². The molecule has 3 heteroatoms. The van der Waals surface area contributed by atoms with E-state index in [2.05, 4.69) is 4.99 Å². The summed E-state index contributed by atoms with van der Waals surface area (Å²) in [6, 6.07) is 0. The number of nitrogens with zero attached hydrogens (tertiary/aromatic N) is 2. The van der Waals surface area contributed by atoms with Crippen LogP contribution in [0.3, 0.4) is 0 Å². The van der Waals surface area contributed by atoms with Crippen LogP contribution in [0.4, 0.5) is 0 Å². The van der Waals surface area contributed by atoms with Gasteiger partial charge in [-0.1, -0.05) is 6.08 Å². The summed E-state index contributed by atoms with van der Waals surface area (Å²) in [6.45, 7) is 3.66. The number of hydrogen-bond acceptors (Lipinski definition) is 2. The van der Waals surface area contributed by atoms with E-state index in [-0.39, 0.29) is 0 Å². The summed E-state index contributed by atoms with van der Waals surface area (Å²) in [7, 11) is 1.76. The second kappa shape index (κ2) is 7.28. The highest BCUT2D eigenvalue weighted by Gasteiger charge is 1.91. The van der Waals surface area contributed by atoms with Gasteiger partial charge in [0.1, 0.15) is 0 Å². The summed E-state index contributed by atoms with van der Waals surface area (Å²) < 4.78 is 0. The normalized spacial score (nSPS) is 11.5. The Morgan fingerprint density at radius 1 is 1.55 bits per heavy atom. The molecule has 0 aliphatic rings. The van der Waals surface area contributed by atoms with Gasteiger partial charge < -0.3 is 10.6 Å². The number of allylic oxidation sites excluding steroid dienone is 1. The molecule has 0 aromatic carbocycles. The number of rotatable bonds is 5. The van der Waals surface area contributed by atoms with Crippen LogP contribution in [0.2, 0.25) is 0 Å². The van der Waals surface area contributed by atoms with E-state index in [4.69, 9.17) is 5.73 Å². The Morgan fingerprint density at radius 2 is 2.27 bits per heavy atom. The van der Waals surface area contributed by atoms with E-state index in [0.29, 0.717) is 0 Å². The van der Waals surface area contributed by atoms with Crippen molar-refractivity contribution in [3.05, 3.63) is 12.3 Å². The molecule has 0 rings (SSSR count). The molecule has 11 heavy (non-hydrogen) atoms. The topological polar surface area (TPSA) is 41.6 Å². The average Bonchev–Trinajstić information content (AvgIpc) is 2.01. The zero-order valence-electron chi connectivity index (χ0n) is 7.33. The van der Waals surface area contributed by atoms with Crippen molar-refractivity contribution >= 4 is 6.34 Å². The molecule has 0 saturated heterocycles. The lowest BCUT2D eigenvalue weighted by Crippen LogP contribution is -2.18. The fraction of sp³-hybridized carbons (Fsp3) is 0.625. The third-order valence-corrected chi connectivity index (χ3v) is 1.22. The second-order valence-corrected chi connectivity index (χ2v) is 2.24. The summed E-state index contributed by atoms with van der Waals surface area (Å²) >= 11 is 0. The van der Waals surface area contributed by atoms with Gasteiger partial charge in [0, 0.05) is 19.8 Å². The molecule has 64 valence electrons. The first-order valence-corrected chi connectivity index (χ1v) is 3.86. The van der Waals surface area contributed by atoms with Gasteiger partial charge in [-0.25, -0.2) is 0 Å². The molecule has 0 aromatic heterocycles. The van der Waals surface area contributed by atoms with Crippen molar-refractivity contribution in [2.24, 2.45) is 10.7 Å². The van der Waals surface area contributed by atoms with Gasteiger partial charge in [-0.05, 0) is 19.9 Å². The van der Waals surface area contributed by atoms with Crippen LogP contribution in [-0.4, -0.2) is 31.4 Å². The molecular formula is C8H17N3. The standard InChI is InChI=1S/C8H17N3/c1-3-6-11(8-10-2)7-4-5-9/h3,6,8H,4-5,7,9H2,1-2H3/b6-3-,10-8?. The molecule has 0 spiro atoms. The van der Waals surface area contributed by atoms with Crippen molar-refractivity contribution in [3.8, 4) is 0 Å². The van der Waals surface area contributed by atoms with Crippen molar-refractivity contribution in [3.63, 3.8) is 0 Å². The maximum Gasteiger partial charge on any atom is 0.0886 e. The number of hydrogen-bond donors (Lipinski definition) is 1. The third kappa shape index (κ3) is 5.61. The summed E-state index contributed by atoms with van der Waals surface area (Å²) in [5, 5.41) is 0. The first kappa shape index (κ1) is 10.2. The first-order valence-electron chi connectivity index (χ1n) is 3.86. The largest absolute Gasteiger partial charge is 0.340 e. The van der Waals surface area contributed by atoms with Crippen molar-refractivity contribution < 1.29 is 0 Å². The van der Waals surface area contributed by atoms with E-state index < -0.39 is 0 Å². The maximum atomic E-state index is 5.37. The molecule has 3 nitrogen and oxygen atoms in total. The van der Waals surface area contributed by atoms with Crippen LogP contribution in [0, 0.1) is 0 Å². The Bertz CT molecular complexity index is 117. The number of nitrogens with two attached hydrogens (primary N) is 1. The molecule has 0 radical (unpaired) electrons. The van der Waals surface area contributed by atoms with Crippen LogP contribution in [0.1, 0.15) is 13.3 Å². The lowest BCUT2D eigenvalue weighted by molar-refractivity contribution is 0.549. The molecule has 0 atom stereocenters. The molecule has 0 amide bonds. The molecule has 0 fully saturated rings. The van der Waals surface area contributed by atoms with E-state index in [9.17, 15) is 0 Å². The van der Waals surface area contributed by atoms with E-state index in [1.165, 1.54) is 0 Å². The highest BCUT2D eigenvalue weighted by Crippen LogP contribution is 1.88. The Labute approximate surface area is 68.6 Å². The monoisotopic (exact) mass is 155 g/mol. The van der Waals surface area contributed by atoms with Crippen molar-refractivity contribution in [1.82, 2.24) is 4.90 Å². The van der Waals surface area contributed by atoms with E-state index in [0.717, 1.165) is 19.5 Å². The number of aliphatic imine (C=N–C) groups is 1. The third-order valence-electron chi connectivity index (χ3n) is 1.22. The summed E-state index contributed by atoms with van der Waals surface area (Å²) in [6.07, 6.45) is 6.77. The van der Waals surface area contributed by atoms with Crippen LogP contribution < -0.4 is 5.73 Å². The van der Waals surface area contributed by atoms with Crippen molar-refractivity contribution in [1.29, 1.82) is 0 Å². The molecule has 0 aliphatic heterocycles. The molecule has 0 saturated carbocycles. The Balaban J connectivity index is 3.69. The summed E-state index contributed by atoms with van der Waals surface area (Å²) in [5.74, 6) is 0. The zero-order chi connectivity index (χ0) is 8.53. The average molecular weight is 155 g/mol. The lowest BCUT2D eigenvalue weighted by atomic mass is 10.4. The predicted octanol–water partition coefficient (Wildman–Crippen LogP) is 0.829. The van der Waals surface area contributed by atoms with Gasteiger partial charge in [0.15, 0.2) is 0 Å². The molecule has 0 heterocycles. The minimum Gasteiger partial charge on any atom is -0.340 e. The van der Waals surface area contributed by atoms with E-state index in [1.54, 1.807) is 13.4 Å². The molecule has 2 N–H and O–H groups in total. The minimum absolute atomic E-state index is 0.728. The van der Waals surface area contributed by atoms with Crippen LogP contribution in [-0.2, 0) is 0 Å². The fourth-order valence-electron chi connectivity index (χ4n) is 0.784. The lowest BCUT2D eigenvalue weighted by Gasteiger charge is -2.12. The molecule has 0 unspecified atom stereocenters. The van der Waals surface area contributed by atoms with Gasteiger partial charge in [0.2, 0.25) is 0 Å². The highest BCUT2D eigenvalue weighted by molar-refractivity contribution is 5.56. The second-order valence-electron chi connectivity index (χ2n) is 2.24. The Hall–Kier alpha value is -0.830. The zero-order valence-corrected chi connectivity index (χ0v) is 7.33. The summed E-state index contributed by atoms with van der Waals surface area (Å²) in [5.41, 5.74) is 5.37. The predicted molar refractivity (Wildman–Crippen MR) is 49.6 cm³/mol. The molecule has 0 aliphatic carbocycles. The van der Waals surface area contributed by atoms with Crippen LogP contribution in [0.25, 0.3) is 0 Å². The highest BCUT2D eigenvalue weighted by atomic mass is 15.1. The van der Waals surface area contributed by atoms with Crippen LogP contribution >= 0.6 is 0 Å². The van der Waals surface area contributed by atoms with Gasteiger partial charge >= 0.3 is 0 Å². The quantitative estimate of drug-likeness (QED) is 0.472. The Kier molecular flexibility index (Phi) is 6.73. The van der Waals surface area contributed by atoms with Gasteiger partial charge in [-0.15, -0.1) is 0 Å². The first-order chi connectivity index (χ1) is 5.35. The minimum atomic E-state index is 0.728. The molecule has 0 bridgehead atoms.